The summed E-state index contributed by atoms with van der Waals surface area (Å²) in [6.45, 7) is 2.02. The van der Waals surface area contributed by atoms with Crippen molar-refractivity contribution in [1.82, 2.24) is 0 Å². The molecule has 0 spiro atoms. The highest BCUT2D eigenvalue weighted by atomic mass is 16.5. The highest BCUT2D eigenvalue weighted by Crippen LogP contribution is 2.22. The molecular formula is C10H10O4. The monoisotopic (exact) mass is 194 g/mol. The summed E-state index contributed by atoms with van der Waals surface area (Å²) in [5.41, 5.74) is 0.985. The first-order chi connectivity index (χ1) is 6.70. The fourth-order valence-corrected chi connectivity index (χ4v) is 1.15. The molecule has 0 radical (unpaired) electrons. The number of hydrogen-bond donors (Lipinski definition) is 0. The summed E-state index contributed by atoms with van der Waals surface area (Å²) >= 11 is 0. The Balaban J connectivity index is 3.21. The van der Waals surface area contributed by atoms with Gasteiger partial charge in [0, 0.05) is 0 Å². The van der Waals surface area contributed by atoms with Crippen LogP contribution < -0.4 is 4.74 Å². The van der Waals surface area contributed by atoms with Gasteiger partial charge in [-0.2, -0.15) is 0 Å². The van der Waals surface area contributed by atoms with E-state index in [2.05, 4.69) is 9.47 Å². The van der Waals surface area contributed by atoms with Gasteiger partial charge in [-0.05, 0) is 18.6 Å². The van der Waals surface area contributed by atoms with E-state index in [1.807, 2.05) is 0 Å². The zero-order valence-corrected chi connectivity index (χ0v) is 7.94. The summed E-state index contributed by atoms with van der Waals surface area (Å²) in [5.74, 6) is -0.299. The molecule has 0 aromatic heterocycles. The minimum absolute atomic E-state index is 0.215. The zero-order valence-electron chi connectivity index (χ0n) is 7.94. The van der Waals surface area contributed by atoms with Crippen molar-refractivity contribution in [3.63, 3.8) is 0 Å². The third-order valence-corrected chi connectivity index (χ3v) is 1.80. The van der Waals surface area contributed by atoms with Gasteiger partial charge in [-0.3, -0.25) is 4.79 Å². The van der Waals surface area contributed by atoms with Crippen LogP contribution in [0.4, 0.5) is 0 Å². The number of esters is 1. The summed E-state index contributed by atoms with van der Waals surface area (Å²) in [7, 11) is 1.28. The predicted octanol–water partition coefficient (Wildman–Crippen LogP) is 1.32. The molecule has 4 nitrogen and oxygen atoms in total. The van der Waals surface area contributed by atoms with Crippen LogP contribution in [-0.4, -0.2) is 19.6 Å². The lowest BCUT2D eigenvalue weighted by atomic mass is 10.1. The van der Waals surface area contributed by atoms with E-state index in [1.54, 1.807) is 19.1 Å². The Bertz CT molecular complexity index is 357. The maximum atomic E-state index is 11.3. The minimum atomic E-state index is -0.514. The van der Waals surface area contributed by atoms with E-state index < -0.39 is 5.97 Å². The number of ether oxygens (including phenoxy) is 2. The van der Waals surface area contributed by atoms with Crippen LogP contribution in [0.3, 0.4) is 0 Å². The third kappa shape index (κ3) is 1.90. The lowest BCUT2D eigenvalue weighted by Crippen LogP contribution is -2.07. The summed E-state index contributed by atoms with van der Waals surface area (Å²) in [4.78, 5) is 21.5. The second-order valence-electron chi connectivity index (χ2n) is 2.65. The number of rotatable bonds is 3. The lowest BCUT2D eigenvalue weighted by molar-refractivity contribution is -0.120. The maximum Gasteiger partial charge on any atom is 0.341 e. The zero-order chi connectivity index (χ0) is 10.6. The van der Waals surface area contributed by atoms with Crippen molar-refractivity contribution >= 4 is 12.4 Å². The number of benzene rings is 1. The first kappa shape index (κ1) is 10.2. The Morgan fingerprint density at radius 1 is 1.43 bits per heavy atom. The maximum absolute atomic E-state index is 11.3. The van der Waals surface area contributed by atoms with Crippen LogP contribution in [0.2, 0.25) is 0 Å². The van der Waals surface area contributed by atoms with E-state index in [1.165, 1.54) is 13.2 Å². The average molecular weight is 194 g/mol. The molecule has 0 N–H and O–H groups in total. The van der Waals surface area contributed by atoms with Crippen LogP contribution in [0.25, 0.3) is 0 Å². The molecule has 0 unspecified atom stereocenters. The van der Waals surface area contributed by atoms with E-state index >= 15 is 0 Å². The lowest BCUT2D eigenvalue weighted by Gasteiger charge is -2.07. The molecular weight excluding hydrogens is 184 g/mol. The molecule has 0 aliphatic carbocycles. The van der Waals surface area contributed by atoms with Gasteiger partial charge in [0.25, 0.3) is 6.47 Å². The Kier molecular flexibility index (Phi) is 3.23. The number of methoxy groups -OCH3 is 1. The van der Waals surface area contributed by atoms with E-state index in [0.29, 0.717) is 5.56 Å². The van der Waals surface area contributed by atoms with Crippen LogP contribution in [-0.2, 0) is 9.53 Å². The Hall–Kier alpha value is -1.84. The molecule has 1 aromatic carbocycles. The highest BCUT2D eigenvalue weighted by Gasteiger charge is 2.15. The minimum Gasteiger partial charge on any atom is -0.465 e. The molecule has 0 atom stereocenters. The predicted molar refractivity (Wildman–Crippen MR) is 49.2 cm³/mol. The van der Waals surface area contributed by atoms with Crippen LogP contribution in [0, 0.1) is 6.92 Å². The number of hydrogen-bond acceptors (Lipinski definition) is 4. The fourth-order valence-electron chi connectivity index (χ4n) is 1.15. The molecule has 0 saturated carbocycles. The van der Waals surface area contributed by atoms with Gasteiger partial charge in [0.15, 0.2) is 0 Å². The Morgan fingerprint density at radius 3 is 2.71 bits per heavy atom. The van der Waals surface area contributed by atoms with E-state index in [-0.39, 0.29) is 17.8 Å². The molecule has 0 bridgehead atoms. The van der Waals surface area contributed by atoms with Crippen molar-refractivity contribution in [1.29, 1.82) is 0 Å². The van der Waals surface area contributed by atoms with Crippen LogP contribution >= 0.6 is 0 Å². The summed E-state index contributed by atoms with van der Waals surface area (Å²) in [6.07, 6.45) is 0. The molecule has 0 saturated heterocycles. The standard InChI is InChI=1S/C10H10O4/c1-7-4-3-5-8(14-6-11)9(7)10(12)13-2/h3-6H,1-2H3. The molecule has 1 aromatic rings. The Labute approximate surface area is 81.4 Å². The number of carbonyl (C=O) groups excluding carboxylic acids is 2. The highest BCUT2D eigenvalue weighted by molar-refractivity contribution is 5.94. The van der Waals surface area contributed by atoms with Crippen molar-refractivity contribution in [2.45, 2.75) is 6.92 Å². The fraction of sp³-hybridized carbons (Fsp3) is 0.200. The summed E-state index contributed by atoms with van der Waals surface area (Å²) in [5, 5.41) is 0. The SMILES string of the molecule is COC(=O)c1c(C)cccc1OC=O. The molecule has 74 valence electrons. The molecule has 1 rings (SSSR count). The van der Waals surface area contributed by atoms with Crippen molar-refractivity contribution in [3.8, 4) is 5.75 Å². The van der Waals surface area contributed by atoms with Gasteiger partial charge >= 0.3 is 5.97 Å². The Morgan fingerprint density at radius 2 is 2.14 bits per heavy atom. The van der Waals surface area contributed by atoms with Crippen molar-refractivity contribution in [2.24, 2.45) is 0 Å². The quantitative estimate of drug-likeness (QED) is 0.537. The van der Waals surface area contributed by atoms with Gasteiger partial charge in [-0.25, -0.2) is 4.79 Å². The molecule has 0 heterocycles. The second kappa shape index (κ2) is 4.41. The summed E-state index contributed by atoms with van der Waals surface area (Å²) < 4.78 is 9.23. The van der Waals surface area contributed by atoms with E-state index in [9.17, 15) is 9.59 Å². The topological polar surface area (TPSA) is 52.6 Å². The van der Waals surface area contributed by atoms with Crippen molar-refractivity contribution < 1.29 is 19.1 Å². The van der Waals surface area contributed by atoms with Crippen LogP contribution in [0.15, 0.2) is 18.2 Å². The normalized spacial score (nSPS) is 9.29. The molecule has 4 heteroatoms. The smallest absolute Gasteiger partial charge is 0.341 e. The molecule has 14 heavy (non-hydrogen) atoms. The van der Waals surface area contributed by atoms with Gasteiger partial charge in [0.1, 0.15) is 11.3 Å². The first-order valence-corrected chi connectivity index (χ1v) is 3.99. The first-order valence-electron chi connectivity index (χ1n) is 3.99. The van der Waals surface area contributed by atoms with Crippen molar-refractivity contribution in [2.75, 3.05) is 7.11 Å². The van der Waals surface area contributed by atoms with Gasteiger partial charge < -0.3 is 9.47 Å². The molecule has 0 amide bonds. The van der Waals surface area contributed by atoms with Crippen molar-refractivity contribution in [3.05, 3.63) is 29.3 Å². The largest absolute Gasteiger partial charge is 0.465 e. The number of aryl methyl sites for hydroxylation is 1. The number of carbonyl (C=O) groups is 2. The van der Waals surface area contributed by atoms with Crippen LogP contribution in [0.1, 0.15) is 15.9 Å². The molecule has 0 aliphatic rings. The van der Waals surface area contributed by atoms with Gasteiger partial charge in [0.05, 0.1) is 7.11 Å². The second-order valence-corrected chi connectivity index (χ2v) is 2.65. The van der Waals surface area contributed by atoms with Crippen LogP contribution in [0.5, 0.6) is 5.75 Å². The summed E-state index contributed by atoms with van der Waals surface area (Å²) in [6, 6.07) is 4.97. The van der Waals surface area contributed by atoms with Gasteiger partial charge in [-0.15, -0.1) is 0 Å². The molecule has 0 aliphatic heterocycles. The van der Waals surface area contributed by atoms with E-state index in [0.717, 1.165) is 0 Å². The van der Waals surface area contributed by atoms with E-state index in [4.69, 9.17) is 0 Å². The van der Waals surface area contributed by atoms with Gasteiger partial charge in [-0.1, -0.05) is 12.1 Å². The third-order valence-electron chi connectivity index (χ3n) is 1.80. The van der Waals surface area contributed by atoms with Gasteiger partial charge in [0.2, 0.25) is 0 Å². The average Bonchev–Trinajstić information content (AvgIpc) is 2.18. The molecule has 0 fully saturated rings.